The number of ether oxygens (including phenoxy) is 2. The Morgan fingerprint density at radius 2 is 2.42 bits per heavy atom. The highest BCUT2D eigenvalue weighted by molar-refractivity contribution is 5.70. The number of hydrogen-bond donors (Lipinski definition) is 0. The van der Waals surface area contributed by atoms with E-state index >= 15 is 0 Å². The second-order valence-corrected chi connectivity index (χ2v) is 3.78. The quantitative estimate of drug-likeness (QED) is 0.513. The standard InChI is InChI=1S/C9H14O3/c1-9-5-4-8(10)12-7(9)3-2-6-11-9/h7H,2-6H2,1H3/t7-,9+/m1/s1. The lowest BCUT2D eigenvalue weighted by molar-refractivity contribution is -0.202. The maximum Gasteiger partial charge on any atom is 0.306 e. The fourth-order valence-electron chi connectivity index (χ4n) is 1.96. The molecular formula is C9H14O3. The molecule has 2 aliphatic rings. The van der Waals surface area contributed by atoms with E-state index < -0.39 is 0 Å². The van der Waals surface area contributed by atoms with Crippen molar-refractivity contribution in [1.29, 1.82) is 0 Å². The molecule has 0 aromatic rings. The van der Waals surface area contributed by atoms with Crippen molar-refractivity contribution >= 4 is 5.97 Å². The fraction of sp³-hybridized carbons (Fsp3) is 0.889. The highest BCUT2D eigenvalue weighted by atomic mass is 16.6. The van der Waals surface area contributed by atoms with Gasteiger partial charge < -0.3 is 9.47 Å². The number of rotatable bonds is 0. The third kappa shape index (κ3) is 1.22. The van der Waals surface area contributed by atoms with Crippen LogP contribution in [0.4, 0.5) is 0 Å². The number of carbonyl (C=O) groups excluding carboxylic acids is 1. The maximum absolute atomic E-state index is 11.0. The Bertz CT molecular complexity index is 202. The molecular weight excluding hydrogens is 156 g/mol. The van der Waals surface area contributed by atoms with Crippen LogP contribution in [0, 0.1) is 0 Å². The van der Waals surface area contributed by atoms with Crippen LogP contribution in [0.15, 0.2) is 0 Å². The lowest BCUT2D eigenvalue weighted by atomic mass is 9.86. The third-order valence-corrected chi connectivity index (χ3v) is 2.82. The van der Waals surface area contributed by atoms with Crippen molar-refractivity contribution in [3.8, 4) is 0 Å². The summed E-state index contributed by atoms with van der Waals surface area (Å²) >= 11 is 0. The summed E-state index contributed by atoms with van der Waals surface area (Å²) in [6, 6.07) is 0. The van der Waals surface area contributed by atoms with Crippen LogP contribution in [0.5, 0.6) is 0 Å². The molecule has 0 spiro atoms. The molecule has 0 aliphatic carbocycles. The summed E-state index contributed by atoms with van der Waals surface area (Å²) in [4.78, 5) is 11.0. The number of carbonyl (C=O) groups is 1. The van der Waals surface area contributed by atoms with Crippen molar-refractivity contribution in [2.75, 3.05) is 6.61 Å². The van der Waals surface area contributed by atoms with Crippen LogP contribution in [0.25, 0.3) is 0 Å². The summed E-state index contributed by atoms with van der Waals surface area (Å²) in [6.45, 7) is 2.85. The molecule has 3 heteroatoms. The molecule has 2 rings (SSSR count). The third-order valence-electron chi connectivity index (χ3n) is 2.82. The van der Waals surface area contributed by atoms with Crippen molar-refractivity contribution in [3.05, 3.63) is 0 Å². The molecule has 12 heavy (non-hydrogen) atoms. The zero-order valence-corrected chi connectivity index (χ0v) is 7.34. The number of fused-ring (bicyclic) bond motifs is 1. The van der Waals surface area contributed by atoms with Gasteiger partial charge in [0, 0.05) is 13.0 Å². The molecule has 3 nitrogen and oxygen atoms in total. The number of esters is 1. The summed E-state index contributed by atoms with van der Waals surface area (Å²) in [5, 5.41) is 0. The molecule has 0 bridgehead atoms. The van der Waals surface area contributed by atoms with E-state index in [0.29, 0.717) is 6.42 Å². The van der Waals surface area contributed by atoms with E-state index in [1.165, 1.54) is 0 Å². The van der Waals surface area contributed by atoms with Crippen LogP contribution < -0.4 is 0 Å². The lowest BCUT2D eigenvalue weighted by Gasteiger charge is -2.43. The van der Waals surface area contributed by atoms with Gasteiger partial charge in [-0.3, -0.25) is 4.79 Å². The SMILES string of the molecule is C[C@]12CCC(=O)O[C@@H]1CCCO2. The molecule has 0 unspecified atom stereocenters. The van der Waals surface area contributed by atoms with Gasteiger partial charge in [0.1, 0.15) is 11.7 Å². The first kappa shape index (κ1) is 8.05. The summed E-state index contributed by atoms with van der Waals surface area (Å²) < 4.78 is 10.9. The van der Waals surface area contributed by atoms with E-state index in [9.17, 15) is 4.79 Å². The topological polar surface area (TPSA) is 35.5 Å². The molecule has 2 saturated heterocycles. The zero-order valence-electron chi connectivity index (χ0n) is 7.34. The van der Waals surface area contributed by atoms with E-state index in [-0.39, 0.29) is 17.7 Å². The fourth-order valence-corrected chi connectivity index (χ4v) is 1.96. The minimum atomic E-state index is -0.188. The van der Waals surface area contributed by atoms with Crippen LogP contribution in [-0.2, 0) is 14.3 Å². The van der Waals surface area contributed by atoms with Crippen LogP contribution in [-0.4, -0.2) is 24.3 Å². The molecule has 2 fully saturated rings. The minimum Gasteiger partial charge on any atom is -0.459 e. The molecule has 2 aliphatic heterocycles. The Kier molecular flexibility index (Phi) is 1.83. The van der Waals surface area contributed by atoms with Gasteiger partial charge in [0.25, 0.3) is 0 Å². The van der Waals surface area contributed by atoms with Crippen LogP contribution in [0.1, 0.15) is 32.6 Å². The molecule has 0 N–H and O–H groups in total. The van der Waals surface area contributed by atoms with Gasteiger partial charge in [-0.05, 0) is 26.2 Å². The average Bonchev–Trinajstić information content (AvgIpc) is 2.06. The van der Waals surface area contributed by atoms with E-state index in [0.717, 1.165) is 25.9 Å². The van der Waals surface area contributed by atoms with Crippen LogP contribution in [0.2, 0.25) is 0 Å². The normalized spacial score (nSPS) is 41.8. The highest BCUT2D eigenvalue weighted by Gasteiger charge is 2.43. The van der Waals surface area contributed by atoms with E-state index in [1.54, 1.807) is 0 Å². The van der Waals surface area contributed by atoms with Crippen molar-refractivity contribution in [2.45, 2.75) is 44.3 Å². The first-order chi connectivity index (χ1) is 5.71. The second kappa shape index (κ2) is 2.73. The first-order valence-electron chi connectivity index (χ1n) is 4.54. The Morgan fingerprint density at radius 3 is 3.25 bits per heavy atom. The lowest BCUT2D eigenvalue weighted by Crippen LogP contribution is -2.51. The van der Waals surface area contributed by atoms with E-state index in [4.69, 9.17) is 9.47 Å². The van der Waals surface area contributed by atoms with Gasteiger partial charge in [-0.15, -0.1) is 0 Å². The van der Waals surface area contributed by atoms with Gasteiger partial charge in [0.2, 0.25) is 0 Å². The summed E-state index contributed by atoms with van der Waals surface area (Å²) in [5.41, 5.74) is -0.188. The van der Waals surface area contributed by atoms with Gasteiger partial charge in [-0.1, -0.05) is 0 Å². The Hall–Kier alpha value is -0.570. The van der Waals surface area contributed by atoms with Crippen LogP contribution in [0.3, 0.4) is 0 Å². The summed E-state index contributed by atoms with van der Waals surface area (Å²) in [7, 11) is 0. The Balaban J connectivity index is 2.11. The largest absolute Gasteiger partial charge is 0.459 e. The van der Waals surface area contributed by atoms with Crippen molar-refractivity contribution in [3.63, 3.8) is 0 Å². The molecule has 0 aromatic carbocycles. The predicted octanol–water partition coefficient (Wildman–Crippen LogP) is 1.26. The van der Waals surface area contributed by atoms with Crippen LogP contribution >= 0.6 is 0 Å². The van der Waals surface area contributed by atoms with Gasteiger partial charge in [0.15, 0.2) is 0 Å². The monoisotopic (exact) mass is 170 g/mol. The summed E-state index contributed by atoms with van der Waals surface area (Å²) in [5.74, 6) is -0.0667. The summed E-state index contributed by atoms with van der Waals surface area (Å²) in [6.07, 6.45) is 3.30. The van der Waals surface area contributed by atoms with Gasteiger partial charge in [0.05, 0.1) is 0 Å². The molecule has 0 amide bonds. The maximum atomic E-state index is 11.0. The van der Waals surface area contributed by atoms with Crippen molar-refractivity contribution < 1.29 is 14.3 Å². The Morgan fingerprint density at radius 1 is 1.58 bits per heavy atom. The molecule has 0 saturated carbocycles. The van der Waals surface area contributed by atoms with Crippen molar-refractivity contribution in [1.82, 2.24) is 0 Å². The molecule has 0 radical (unpaired) electrons. The van der Waals surface area contributed by atoms with E-state index in [2.05, 4.69) is 0 Å². The van der Waals surface area contributed by atoms with Gasteiger partial charge in [-0.2, -0.15) is 0 Å². The Labute approximate surface area is 72.0 Å². The molecule has 2 atom stereocenters. The molecule has 2 heterocycles. The predicted molar refractivity (Wildman–Crippen MR) is 42.7 cm³/mol. The second-order valence-electron chi connectivity index (χ2n) is 3.78. The number of hydrogen-bond acceptors (Lipinski definition) is 3. The molecule has 68 valence electrons. The van der Waals surface area contributed by atoms with Gasteiger partial charge in [-0.25, -0.2) is 0 Å². The van der Waals surface area contributed by atoms with Crippen molar-refractivity contribution in [2.24, 2.45) is 0 Å². The van der Waals surface area contributed by atoms with Gasteiger partial charge >= 0.3 is 5.97 Å². The zero-order chi connectivity index (χ0) is 8.60. The molecule has 0 aromatic heterocycles. The average molecular weight is 170 g/mol. The highest BCUT2D eigenvalue weighted by Crippen LogP contribution is 2.35. The first-order valence-corrected chi connectivity index (χ1v) is 4.54. The smallest absolute Gasteiger partial charge is 0.306 e. The van der Waals surface area contributed by atoms with E-state index in [1.807, 2.05) is 6.92 Å². The minimum absolute atomic E-state index is 0.00694.